The van der Waals surface area contributed by atoms with Crippen molar-refractivity contribution in [3.63, 3.8) is 0 Å². The molecule has 0 fully saturated rings. The largest absolute Gasteiger partial charge is 0.390 e. The highest BCUT2D eigenvalue weighted by molar-refractivity contribution is 4.85. The summed E-state index contributed by atoms with van der Waals surface area (Å²) in [4.78, 5) is 0. The first kappa shape index (κ1) is 17.9. The van der Waals surface area contributed by atoms with Crippen LogP contribution in [-0.4, -0.2) is 23.9 Å². The van der Waals surface area contributed by atoms with Gasteiger partial charge in [-0.3, -0.25) is 0 Å². The van der Waals surface area contributed by atoms with E-state index in [9.17, 15) is 5.11 Å². The Kier molecular flexibility index (Phi) is 10.8. The lowest BCUT2D eigenvalue weighted by Gasteiger charge is -2.35. The van der Waals surface area contributed by atoms with Gasteiger partial charge in [0.2, 0.25) is 0 Å². The Bertz CT molecular complexity index is 168. The molecule has 0 radical (unpaired) electrons. The molecule has 0 aromatic heterocycles. The summed E-state index contributed by atoms with van der Waals surface area (Å²) in [5, 5.41) is 10.3. The predicted molar refractivity (Wildman–Crippen MR) is 78.9 cm³/mol. The summed E-state index contributed by atoms with van der Waals surface area (Å²) in [6.45, 7) is 6.44. The topological polar surface area (TPSA) is 29.5 Å². The second-order valence-corrected chi connectivity index (χ2v) is 5.40. The Morgan fingerprint density at radius 1 is 0.889 bits per heavy atom. The van der Waals surface area contributed by atoms with Crippen molar-refractivity contribution in [1.29, 1.82) is 0 Å². The van der Waals surface area contributed by atoms with E-state index in [0.29, 0.717) is 0 Å². The van der Waals surface area contributed by atoms with Crippen molar-refractivity contribution in [2.75, 3.05) is 7.11 Å². The Balaban J connectivity index is 3.71. The van der Waals surface area contributed by atoms with Crippen LogP contribution in [0.2, 0.25) is 0 Å². The highest BCUT2D eigenvalue weighted by Crippen LogP contribution is 2.27. The van der Waals surface area contributed by atoms with E-state index in [1.54, 1.807) is 7.11 Å². The lowest BCUT2D eigenvalue weighted by molar-refractivity contribution is -0.110. The Hall–Kier alpha value is -0.0800. The number of methoxy groups -OCH3 is 1. The van der Waals surface area contributed by atoms with Crippen LogP contribution in [0.15, 0.2) is 0 Å². The zero-order valence-corrected chi connectivity index (χ0v) is 13.0. The molecule has 2 nitrogen and oxygen atoms in total. The SMILES string of the molecule is CCCCCCCCCC(O)C(CC)(CC)OC. The van der Waals surface area contributed by atoms with E-state index < -0.39 is 0 Å². The minimum absolute atomic E-state index is 0.312. The van der Waals surface area contributed by atoms with Crippen LogP contribution in [0.1, 0.15) is 85.0 Å². The zero-order valence-electron chi connectivity index (χ0n) is 13.0. The van der Waals surface area contributed by atoms with Crippen LogP contribution in [0.5, 0.6) is 0 Å². The molecule has 0 rings (SSSR count). The van der Waals surface area contributed by atoms with Crippen molar-refractivity contribution >= 4 is 0 Å². The van der Waals surface area contributed by atoms with Crippen LogP contribution in [0, 0.1) is 0 Å². The number of aliphatic hydroxyl groups is 1. The molecule has 0 heterocycles. The maximum absolute atomic E-state index is 10.3. The van der Waals surface area contributed by atoms with Crippen molar-refractivity contribution in [2.45, 2.75) is 96.7 Å². The van der Waals surface area contributed by atoms with Gasteiger partial charge in [0.15, 0.2) is 0 Å². The Labute approximate surface area is 114 Å². The van der Waals surface area contributed by atoms with Crippen molar-refractivity contribution in [3.05, 3.63) is 0 Å². The van der Waals surface area contributed by atoms with E-state index >= 15 is 0 Å². The molecule has 18 heavy (non-hydrogen) atoms. The van der Waals surface area contributed by atoms with Gasteiger partial charge in [0.25, 0.3) is 0 Å². The minimum atomic E-state index is -0.317. The second-order valence-electron chi connectivity index (χ2n) is 5.40. The van der Waals surface area contributed by atoms with Gasteiger partial charge in [-0.15, -0.1) is 0 Å². The first-order chi connectivity index (χ1) is 8.66. The summed E-state index contributed by atoms with van der Waals surface area (Å²) in [6, 6.07) is 0. The molecule has 0 aliphatic carbocycles. The molecule has 0 saturated heterocycles. The summed E-state index contributed by atoms with van der Waals surface area (Å²) in [5.74, 6) is 0. The van der Waals surface area contributed by atoms with Gasteiger partial charge in [-0.1, -0.05) is 65.7 Å². The van der Waals surface area contributed by atoms with Crippen LogP contribution >= 0.6 is 0 Å². The van der Waals surface area contributed by atoms with Gasteiger partial charge in [0.05, 0.1) is 11.7 Å². The molecule has 1 N–H and O–H groups in total. The predicted octanol–water partition coefficient (Wildman–Crippen LogP) is 4.69. The molecule has 0 spiro atoms. The van der Waals surface area contributed by atoms with E-state index in [4.69, 9.17) is 4.74 Å². The van der Waals surface area contributed by atoms with Gasteiger partial charge in [-0.25, -0.2) is 0 Å². The molecule has 1 unspecified atom stereocenters. The number of unbranched alkanes of at least 4 members (excludes halogenated alkanes) is 6. The summed E-state index contributed by atoms with van der Waals surface area (Å²) in [7, 11) is 1.72. The van der Waals surface area contributed by atoms with E-state index in [1.807, 2.05) is 0 Å². The quantitative estimate of drug-likeness (QED) is 0.514. The third-order valence-corrected chi connectivity index (χ3v) is 4.29. The summed E-state index contributed by atoms with van der Waals surface area (Å²) >= 11 is 0. The fourth-order valence-electron chi connectivity index (χ4n) is 2.70. The molecule has 0 aromatic carbocycles. The molecule has 2 heteroatoms. The van der Waals surface area contributed by atoms with Crippen LogP contribution in [-0.2, 0) is 4.74 Å². The highest BCUT2D eigenvalue weighted by Gasteiger charge is 2.33. The molecule has 0 aliphatic rings. The van der Waals surface area contributed by atoms with Gasteiger partial charge < -0.3 is 9.84 Å². The molecular formula is C16H34O2. The van der Waals surface area contributed by atoms with Gasteiger partial charge in [0.1, 0.15) is 0 Å². The Morgan fingerprint density at radius 3 is 1.83 bits per heavy atom. The van der Waals surface area contributed by atoms with E-state index in [1.165, 1.54) is 38.5 Å². The maximum atomic E-state index is 10.3. The van der Waals surface area contributed by atoms with Crippen LogP contribution in [0.25, 0.3) is 0 Å². The lowest BCUT2D eigenvalue weighted by atomic mass is 9.87. The summed E-state index contributed by atoms with van der Waals surface area (Å²) in [5.41, 5.74) is -0.317. The average Bonchev–Trinajstić information content (AvgIpc) is 2.40. The van der Waals surface area contributed by atoms with Gasteiger partial charge >= 0.3 is 0 Å². The van der Waals surface area contributed by atoms with Gasteiger partial charge in [-0.05, 0) is 19.3 Å². The number of ether oxygens (including phenoxy) is 1. The molecular weight excluding hydrogens is 224 g/mol. The molecule has 0 bridgehead atoms. The van der Waals surface area contributed by atoms with Gasteiger partial charge in [0, 0.05) is 7.11 Å². The number of aliphatic hydroxyl groups excluding tert-OH is 1. The molecule has 1 atom stereocenters. The fraction of sp³-hybridized carbons (Fsp3) is 1.00. The van der Waals surface area contributed by atoms with Crippen molar-refractivity contribution < 1.29 is 9.84 Å². The molecule has 0 saturated carbocycles. The molecule has 0 aromatic rings. The molecule has 0 aliphatic heterocycles. The first-order valence-electron chi connectivity index (χ1n) is 7.90. The van der Waals surface area contributed by atoms with Gasteiger partial charge in [-0.2, -0.15) is 0 Å². The average molecular weight is 258 g/mol. The van der Waals surface area contributed by atoms with Crippen LogP contribution in [0.3, 0.4) is 0 Å². The monoisotopic (exact) mass is 258 g/mol. The lowest BCUT2D eigenvalue weighted by Crippen LogP contribution is -2.43. The van der Waals surface area contributed by atoms with E-state index in [0.717, 1.165) is 25.7 Å². The third kappa shape index (κ3) is 6.19. The van der Waals surface area contributed by atoms with Crippen molar-refractivity contribution in [1.82, 2.24) is 0 Å². The van der Waals surface area contributed by atoms with Crippen molar-refractivity contribution in [2.24, 2.45) is 0 Å². The minimum Gasteiger partial charge on any atom is -0.390 e. The molecule has 0 amide bonds. The van der Waals surface area contributed by atoms with Crippen LogP contribution < -0.4 is 0 Å². The Morgan fingerprint density at radius 2 is 1.39 bits per heavy atom. The number of hydrogen-bond donors (Lipinski definition) is 1. The maximum Gasteiger partial charge on any atom is 0.0931 e. The number of rotatable bonds is 12. The normalized spacial score (nSPS) is 13.8. The zero-order chi connectivity index (χ0) is 13.9. The standard InChI is InChI=1S/C16H34O2/c1-5-8-9-10-11-12-13-14-15(17)16(6-2,7-3)18-4/h15,17H,5-14H2,1-4H3. The highest BCUT2D eigenvalue weighted by atomic mass is 16.5. The first-order valence-corrected chi connectivity index (χ1v) is 7.90. The molecule has 110 valence electrons. The van der Waals surface area contributed by atoms with Crippen LogP contribution in [0.4, 0.5) is 0 Å². The second kappa shape index (κ2) is 10.8. The number of hydrogen-bond acceptors (Lipinski definition) is 2. The smallest absolute Gasteiger partial charge is 0.0931 e. The third-order valence-electron chi connectivity index (χ3n) is 4.29. The summed E-state index contributed by atoms with van der Waals surface area (Å²) in [6.07, 6.45) is 11.4. The van der Waals surface area contributed by atoms with E-state index in [2.05, 4.69) is 20.8 Å². The van der Waals surface area contributed by atoms with E-state index in [-0.39, 0.29) is 11.7 Å². The van der Waals surface area contributed by atoms with Crippen molar-refractivity contribution in [3.8, 4) is 0 Å². The fourth-order valence-corrected chi connectivity index (χ4v) is 2.70. The summed E-state index contributed by atoms with van der Waals surface area (Å²) < 4.78 is 5.56.